The maximum Gasteiger partial charge on any atom is 0.269 e. The maximum atomic E-state index is 10.5. The van der Waals surface area contributed by atoms with Crippen molar-refractivity contribution in [3.05, 3.63) is 34.4 Å². The average Bonchev–Trinajstić information content (AvgIpc) is 2.95. The van der Waals surface area contributed by atoms with Gasteiger partial charge >= 0.3 is 0 Å². The molecule has 0 aliphatic carbocycles. The van der Waals surface area contributed by atoms with Gasteiger partial charge in [-0.05, 0) is 30.9 Å². The summed E-state index contributed by atoms with van der Waals surface area (Å²) < 4.78 is 11.2. The summed E-state index contributed by atoms with van der Waals surface area (Å²) in [6, 6.07) is 6.14. The fourth-order valence-electron chi connectivity index (χ4n) is 2.57. The van der Waals surface area contributed by atoms with Crippen LogP contribution in [0.5, 0.6) is 5.75 Å². The minimum absolute atomic E-state index is 0.0762. The molecule has 0 amide bonds. The minimum Gasteiger partial charge on any atom is -0.492 e. The highest BCUT2D eigenvalue weighted by atomic mass is 16.6. The lowest BCUT2D eigenvalue weighted by Crippen LogP contribution is -2.30. The summed E-state index contributed by atoms with van der Waals surface area (Å²) in [4.78, 5) is 10.1. The Morgan fingerprint density at radius 2 is 2.19 bits per heavy atom. The number of benzene rings is 1. The van der Waals surface area contributed by atoms with Gasteiger partial charge in [-0.25, -0.2) is 0 Å². The van der Waals surface area contributed by atoms with Crippen LogP contribution in [0.15, 0.2) is 24.3 Å². The first-order valence-corrected chi connectivity index (χ1v) is 7.40. The molecule has 1 saturated heterocycles. The molecule has 0 aromatic heterocycles. The standard InChI is InChI=1S/C15H22N2O4/c1-2-15-12(7-9-21-15)11-16-8-10-20-14-5-3-13(4-6-14)17(18)19/h3-6,12,15-16H,2,7-11H2,1H3. The van der Waals surface area contributed by atoms with Crippen molar-refractivity contribution in [2.45, 2.75) is 25.9 Å². The van der Waals surface area contributed by atoms with Crippen LogP contribution in [0, 0.1) is 16.0 Å². The number of nitro groups is 1. The first-order valence-electron chi connectivity index (χ1n) is 7.40. The molecule has 6 heteroatoms. The molecule has 6 nitrogen and oxygen atoms in total. The largest absolute Gasteiger partial charge is 0.492 e. The van der Waals surface area contributed by atoms with Gasteiger partial charge in [0.2, 0.25) is 0 Å². The normalized spacial score (nSPS) is 21.4. The molecule has 0 radical (unpaired) electrons. The van der Waals surface area contributed by atoms with Gasteiger partial charge in [-0.2, -0.15) is 0 Å². The molecule has 1 aliphatic rings. The quantitative estimate of drug-likeness (QED) is 0.452. The molecule has 116 valence electrons. The van der Waals surface area contributed by atoms with E-state index in [9.17, 15) is 10.1 Å². The zero-order valence-corrected chi connectivity index (χ0v) is 12.3. The highest BCUT2D eigenvalue weighted by Crippen LogP contribution is 2.22. The van der Waals surface area contributed by atoms with Gasteiger partial charge in [-0.15, -0.1) is 0 Å². The summed E-state index contributed by atoms with van der Waals surface area (Å²) in [5, 5.41) is 13.9. The van der Waals surface area contributed by atoms with E-state index in [1.165, 1.54) is 12.1 Å². The van der Waals surface area contributed by atoms with Crippen molar-refractivity contribution in [2.75, 3.05) is 26.3 Å². The molecule has 21 heavy (non-hydrogen) atoms. The molecule has 1 N–H and O–H groups in total. The van der Waals surface area contributed by atoms with E-state index in [1.807, 2.05) is 0 Å². The molecular weight excluding hydrogens is 272 g/mol. The van der Waals surface area contributed by atoms with E-state index in [4.69, 9.17) is 9.47 Å². The number of hydrogen-bond donors (Lipinski definition) is 1. The molecule has 0 bridgehead atoms. The Hall–Kier alpha value is -1.66. The Kier molecular flexibility index (Phi) is 5.95. The van der Waals surface area contributed by atoms with E-state index in [0.717, 1.165) is 32.5 Å². The van der Waals surface area contributed by atoms with Gasteiger partial charge in [0, 0.05) is 31.8 Å². The lowest BCUT2D eigenvalue weighted by Gasteiger charge is -2.17. The molecule has 2 rings (SSSR count). The summed E-state index contributed by atoms with van der Waals surface area (Å²) in [7, 11) is 0. The summed E-state index contributed by atoms with van der Waals surface area (Å²) in [5.41, 5.74) is 0.0762. The third-order valence-corrected chi connectivity index (χ3v) is 3.75. The van der Waals surface area contributed by atoms with Crippen LogP contribution in [0.4, 0.5) is 5.69 Å². The zero-order valence-electron chi connectivity index (χ0n) is 12.3. The van der Waals surface area contributed by atoms with Crippen molar-refractivity contribution in [1.29, 1.82) is 0 Å². The predicted octanol–water partition coefficient (Wildman–Crippen LogP) is 2.38. The van der Waals surface area contributed by atoms with Gasteiger partial charge < -0.3 is 14.8 Å². The highest BCUT2D eigenvalue weighted by molar-refractivity contribution is 5.35. The monoisotopic (exact) mass is 294 g/mol. The topological polar surface area (TPSA) is 73.6 Å². The van der Waals surface area contributed by atoms with Crippen LogP contribution in [0.2, 0.25) is 0 Å². The lowest BCUT2D eigenvalue weighted by molar-refractivity contribution is -0.384. The first kappa shape index (κ1) is 15.7. The molecule has 2 unspecified atom stereocenters. The third-order valence-electron chi connectivity index (χ3n) is 3.75. The first-order chi connectivity index (χ1) is 10.2. The Bertz CT molecular complexity index is 449. The van der Waals surface area contributed by atoms with Crippen LogP contribution in [0.25, 0.3) is 0 Å². The van der Waals surface area contributed by atoms with Crippen LogP contribution < -0.4 is 10.1 Å². The number of nitrogens with one attached hydrogen (secondary N) is 1. The van der Waals surface area contributed by atoms with Gasteiger partial charge in [-0.3, -0.25) is 10.1 Å². The highest BCUT2D eigenvalue weighted by Gasteiger charge is 2.25. The smallest absolute Gasteiger partial charge is 0.269 e. The second kappa shape index (κ2) is 7.95. The van der Waals surface area contributed by atoms with Crippen molar-refractivity contribution >= 4 is 5.69 Å². The van der Waals surface area contributed by atoms with Crippen LogP contribution >= 0.6 is 0 Å². The molecule has 0 spiro atoms. The molecule has 0 saturated carbocycles. The van der Waals surface area contributed by atoms with Crippen LogP contribution in [-0.2, 0) is 4.74 Å². The zero-order chi connectivity index (χ0) is 15.1. The molecule has 1 aliphatic heterocycles. The third kappa shape index (κ3) is 4.68. The molecule has 1 heterocycles. The molecule has 2 atom stereocenters. The number of ether oxygens (including phenoxy) is 2. The molecule has 1 aromatic carbocycles. The van der Waals surface area contributed by atoms with E-state index < -0.39 is 4.92 Å². The van der Waals surface area contributed by atoms with Crippen molar-refractivity contribution in [3.8, 4) is 5.75 Å². The Morgan fingerprint density at radius 3 is 2.86 bits per heavy atom. The predicted molar refractivity (Wildman–Crippen MR) is 79.6 cm³/mol. The van der Waals surface area contributed by atoms with Crippen LogP contribution in [0.3, 0.4) is 0 Å². The Balaban J connectivity index is 1.62. The average molecular weight is 294 g/mol. The van der Waals surface area contributed by atoms with E-state index in [-0.39, 0.29) is 5.69 Å². The van der Waals surface area contributed by atoms with Crippen molar-refractivity contribution < 1.29 is 14.4 Å². The summed E-state index contributed by atoms with van der Waals surface area (Å²) in [6.07, 6.45) is 2.56. The van der Waals surface area contributed by atoms with E-state index in [1.54, 1.807) is 12.1 Å². The van der Waals surface area contributed by atoms with E-state index in [2.05, 4.69) is 12.2 Å². The summed E-state index contributed by atoms with van der Waals surface area (Å²) in [6.45, 7) is 5.26. The van der Waals surface area contributed by atoms with Crippen molar-refractivity contribution in [2.24, 2.45) is 5.92 Å². The fourth-order valence-corrected chi connectivity index (χ4v) is 2.57. The van der Waals surface area contributed by atoms with Gasteiger partial charge in [0.15, 0.2) is 0 Å². The number of hydrogen-bond acceptors (Lipinski definition) is 5. The number of non-ortho nitro benzene ring substituents is 1. The number of nitro benzene ring substituents is 1. The maximum absolute atomic E-state index is 10.5. The SMILES string of the molecule is CCC1OCCC1CNCCOc1ccc([N+](=O)[O-])cc1. The van der Waals surface area contributed by atoms with Crippen LogP contribution in [-0.4, -0.2) is 37.3 Å². The second-order valence-electron chi connectivity index (χ2n) is 5.17. The Labute approximate surface area is 124 Å². The van der Waals surface area contributed by atoms with E-state index in [0.29, 0.717) is 24.4 Å². The second-order valence-corrected chi connectivity index (χ2v) is 5.17. The van der Waals surface area contributed by atoms with Gasteiger partial charge in [0.05, 0.1) is 11.0 Å². The molecular formula is C15H22N2O4. The molecule has 1 fully saturated rings. The van der Waals surface area contributed by atoms with Gasteiger partial charge in [0.1, 0.15) is 12.4 Å². The van der Waals surface area contributed by atoms with Crippen LogP contribution in [0.1, 0.15) is 19.8 Å². The number of rotatable bonds is 8. The molecule has 1 aromatic rings. The van der Waals surface area contributed by atoms with Gasteiger partial charge in [-0.1, -0.05) is 6.92 Å². The van der Waals surface area contributed by atoms with Gasteiger partial charge in [0.25, 0.3) is 5.69 Å². The summed E-state index contributed by atoms with van der Waals surface area (Å²) in [5.74, 6) is 1.24. The van der Waals surface area contributed by atoms with Crippen molar-refractivity contribution in [3.63, 3.8) is 0 Å². The lowest BCUT2D eigenvalue weighted by atomic mass is 10.00. The number of nitrogens with zero attached hydrogens (tertiary/aromatic N) is 1. The Morgan fingerprint density at radius 1 is 1.43 bits per heavy atom. The summed E-state index contributed by atoms with van der Waals surface area (Å²) >= 11 is 0. The van der Waals surface area contributed by atoms with E-state index >= 15 is 0 Å². The fraction of sp³-hybridized carbons (Fsp3) is 0.600. The van der Waals surface area contributed by atoms with Crippen molar-refractivity contribution in [1.82, 2.24) is 5.32 Å². The minimum atomic E-state index is -0.418.